The minimum atomic E-state index is -3.89. The first-order valence-electron chi connectivity index (χ1n) is 9.01. The molecular weight excluding hydrogens is 477 g/mol. The van der Waals surface area contributed by atoms with Gasteiger partial charge in [0.25, 0.3) is 5.91 Å². The molecule has 1 aliphatic rings. The number of halogens is 4. The average molecular weight is 495 g/mol. The van der Waals surface area contributed by atoms with Crippen molar-refractivity contribution < 1.29 is 31.5 Å². The smallest absolute Gasteiger partial charge is 0.387 e. The third-order valence-electron chi connectivity index (χ3n) is 4.69. The van der Waals surface area contributed by atoms with E-state index < -0.39 is 16.6 Å². The van der Waals surface area contributed by atoms with Gasteiger partial charge in [-0.2, -0.15) is 13.1 Å². The Labute approximate surface area is 188 Å². The molecule has 1 aliphatic heterocycles. The number of alkyl halides is 2. The maximum atomic E-state index is 12.9. The van der Waals surface area contributed by atoms with Crippen molar-refractivity contribution in [3.8, 4) is 11.5 Å². The normalized spacial score (nSPS) is 15.2. The SMILES string of the molecule is COc1cc(C(=O)N2CCN(S(=O)(=O)c3cccc(Cl)c3Cl)CC2)ccc1OC(F)F. The molecule has 2 aromatic rings. The molecule has 0 atom stereocenters. The van der Waals surface area contributed by atoms with Crippen LogP contribution in [-0.4, -0.2) is 63.4 Å². The van der Waals surface area contributed by atoms with Gasteiger partial charge in [-0.1, -0.05) is 29.3 Å². The largest absolute Gasteiger partial charge is 0.493 e. The van der Waals surface area contributed by atoms with Gasteiger partial charge in [-0.3, -0.25) is 4.79 Å². The zero-order valence-corrected chi connectivity index (χ0v) is 18.6. The number of hydrogen-bond acceptors (Lipinski definition) is 5. The Balaban J connectivity index is 1.72. The fraction of sp³-hybridized carbons (Fsp3) is 0.316. The van der Waals surface area contributed by atoms with Gasteiger partial charge in [0.2, 0.25) is 10.0 Å². The van der Waals surface area contributed by atoms with Crippen LogP contribution in [0.5, 0.6) is 11.5 Å². The lowest BCUT2D eigenvalue weighted by molar-refractivity contribution is -0.0512. The molecule has 0 bridgehead atoms. The number of carbonyl (C=O) groups is 1. The van der Waals surface area contributed by atoms with Gasteiger partial charge < -0.3 is 14.4 Å². The first-order chi connectivity index (χ1) is 14.6. The van der Waals surface area contributed by atoms with Crippen LogP contribution in [0.15, 0.2) is 41.3 Å². The average Bonchev–Trinajstić information content (AvgIpc) is 2.75. The maximum Gasteiger partial charge on any atom is 0.387 e. The lowest BCUT2D eigenvalue weighted by Gasteiger charge is -2.34. The van der Waals surface area contributed by atoms with Crippen LogP contribution in [0.1, 0.15) is 10.4 Å². The highest BCUT2D eigenvalue weighted by molar-refractivity contribution is 7.89. The zero-order valence-electron chi connectivity index (χ0n) is 16.2. The summed E-state index contributed by atoms with van der Waals surface area (Å²) in [5.74, 6) is -0.592. The number of piperazine rings is 1. The van der Waals surface area contributed by atoms with Crippen LogP contribution in [0.2, 0.25) is 10.0 Å². The minimum absolute atomic E-state index is 0.0111. The van der Waals surface area contributed by atoms with Crippen LogP contribution in [0.25, 0.3) is 0 Å². The number of rotatable bonds is 6. The highest BCUT2D eigenvalue weighted by atomic mass is 35.5. The van der Waals surface area contributed by atoms with Crippen molar-refractivity contribution >= 4 is 39.1 Å². The van der Waals surface area contributed by atoms with Crippen molar-refractivity contribution in [2.75, 3.05) is 33.3 Å². The Morgan fingerprint density at radius 1 is 1.06 bits per heavy atom. The number of methoxy groups -OCH3 is 1. The maximum absolute atomic E-state index is 12.9. The van der Waals surface area contributed by atoms with Crippen LogP contribution >= 0.6 is 23.2 Å². The Bertz CT molecular complexity index is 1080. The molecule has 0 spiro atoms. The number of hydrogen-bond donors (Lipinski definition) is 0. The summed E-state index contributed by atoms with van der Waals surface area (Å²) in [7, 11) is -2.62. The third kappa shape index (κ3) is 5.03. The minimum Gasteiger partial charge on any atom is -0.493 e. The monoisotopic (exact) mass is 494 g/mol. The van der Waals surface area contributed by atoms with E-state index in [2.05, 4.69) is 4.74 Å². The summed E-state index contributed by atoms with van der Waals surface area (Å²) in [6, 6.07) is 8.23. The summed E-state index contributed by atoms with van der Waals surface area (Å²) < 4.78 is 61.3. The standard InChI is InChI=1S/C19H18Cl2F2N2O5S/c1-29-15-11-12(5-6-14(15)30-19(22)23)18(26)24-7-9-25(10-8-24)31(27,28)16-4-2-3-13(20)17(16)21/h2-6,11,19H,7-10H2,1H3. The summed E-state index contributed by atoms with van der Waals surface area (Å²) in [6.45, 7) is -2.65. The molecule has 0 saturated carbocycles. The summed E-state index contributed by atoms with van der Waals surface area (Å²) in [5.41, 5.74) is 0.202. The molecule has 12 heteroatoms. The van der Waals surface area contributed by atoms with Gasteiger partial charge >= 0.3 is 6.61 Å². The van der Waals surface area contributed by atoms with Crippen molar-refractivity contribution in [3.63, 3.8) is 0 Å². The lowest BCUT2D eigenvalue weighted by atomic mass is 10.1. The Kier molecular flexibility index (Phi) is 7.25. The van der Waals surface area contributed by atoms with Gasteiger partial charge in [-0.15, -0.1) is 0 Å². The quantitative estimate of drug-likeness (QED) is 0.611. The van der Waals surface area contributed by atoms with Gasteiger partial charge in [0.05, 0.1) is 17.2 Å². The molecule has 168 valence electrons. The van der Waals surface area contributed by atoms with Gasteiger partial charge in [-0.05, 0) is 30.3 Å². The van der Waals surface area contributed by atoms with E-state index in [9.17, 15) is 22.0 Å². The van der Waals surface area contributed by atoms with Gasteiger partial charge in [0, 0.05) is 31.7 Å². The first-order valence-corrected chi connectivity index (χ1v) is 11.2. The molecule has 0 N–H and O–H groups in total. The molecule has 2 aromatic carbocycles. The summed E-state index contributed by atoms with van der Waals surface area (Å²) >= 11 is 12.0. The zero-order chi connectivity index (χ0) is 22.8. The number of benzene rings is 2. The lowest BCUT2D eigenvalue weighted by Crippen LogP contribution is -2.50. The van der Waals surface area contributed by atoms with E-state index in [1.54, 1.807) is 0 Å². The van der Waals surface area contributed by atoms with E-state index in [4.69, 9.17) is 27.9 Å². The van der Waals surface area contributed by atoms with E-state index >= 15 is 0 Å². The van der Waals surface area contributed by atoms with E-state index in [-0.39, 0.29) is 64.1 Å². The summed E-state index contributed by atoms with van der Waals surface area (Å²) in [4.78, 5) is 14.2. The Morgan fingerprint density at radius 3 is 2.35 bits per heavy atom. The van der Waals surface area contributed by atoms with Crippen molar-refractivity contribution in [3.05, 3.63) is 52.0 Å². The molecule has 3 rings (SSSR count). The predicted octanol–water partition coefficient (Wildman–Crippen LogP) is 3.75. The van der Waals surface area contributed by atoms with E-state index in [1.807, 2.05) is 0 Å². The molecule has 1 heterocycles. The second kappa shape index (κ2) is 9.56. The molecule has 1 amide bonds. The van der Waals surface area contributed by atoms with Crippen LogP contribution in [0.3, 0.4) is 0 Å². The molecule has 7 nitrogen and oxygen atoms in total. The third-order valence-corrected chi connectivity index (χ3v) is 7.56. The molecule has 0 unspecified atom stereocenters. The van der Waals surface area contributed by atoms with Gasteiger partial charge in [0.15, 0.2) is 11.5 Å². The van der Waals surface area contributed by atoms with Crippen LogP contribution in [0, 0.1) is 0 Å². The van der Waals surface area contributed by atoms with Gasteiger partial charge in [-0.25, -0.2) is 8.42 Å². The fourth-order valence-corrected chi connectivity index (χ4v) is 5.29. The number of carbonyl (C=O) groups excluding carboxylic acids is 1. The van der Waals surface area contributed by atoms with Crippen LogP contribution in [0.4, 0.5) is 8.78 Å². The number of sulfonamides is 1. The van der Waals surface area contributed by atoms with E-state index in [1.165, 1.54) is 52.7 Å². The molecule has 0 aromatic heterocycles. The second-order valence-electron chi connectivity index (χ2n) is 6.49. The highest BCUT2D eigenvalue weighted by Gasteiger charge is 2.32. The summed E-state index contributed by atoms with van der Waals surface area (Å²) in [5, 5.41) is 0.0747. The predicted molar refractivity (Wildman–Crippen MR) is 111 cm³/mol. The molecule has 1 fully saturated rings. The van der Waals surface area contributed by atoms with Crippen molar-refractivity contribution in [1.29, 1.82) is 0 Å². The van der Waals surface area contributed by atoms with E-state index in [0.29, 0.717) is 0 Å². The first kappa shape index (κ1) is 23.5. The Hall–Kier alpha value is -2.14. The Morgan fingerprint density at radius 2 is 1.74 bits per heavy atom. The van der Waals surface area contributed by atoms with Crippen molar-refractivity contribution in [1.82, 2.24) is 9.21 Å². The molecular formula is C19H18Cl2F2N2O5S. The molecule has 0 aliphatic carbocycles. The second-order valence-corrected chi connectivity index (χ2v) is 9.18. The van der Waals surface area contributed by atoms with Crippen molar-refractivity contribution in [2.45, 2.75) is 11.5 Å². The number of ether oxygens (including phenoxy) is 2. The van der Waals surface area contributed by atoms with Crippen LogP contribution < -0.4 is 9.47 Å². The molecule has 1 saturated heterocycles. The summed E-state index contributed by atoms with van der Waals surface area (Å²) in [6.07, 6.45) is 0. The fourth-order valence-electron chi connectivity index (χ4n) is 3.13. The van der Waals surface area contributed by atoms with Crippen LogP contribution in [-0.2, 0) is 10.0 Å². The number of amides is 1. The number of nitrogens with zero attached hydrogens (tertiary/aromatic N) is 2. The molecule has 31 heavy (non-hydrogen) atoms. The van der Waals surface area contributed by atoms with Gasteiger partial charge in [0.1, 0.15) is 4.90 Å². The van der Waals surface area contributed by atoms with Crippen molar-refractivity contribution in [2.24, 2.45) is 0 Å². The van der Waals surface area contributed by atoms with E-state index in [0.717, 1.165) is 0 Å². The highest BCUT2D eigenvalue weighted by Crippen LogP contribution is 2.32. The molecule has 0 radical (unpaired) electrons. The topological polar surface area (TPSA) is 76.2 Å².